The average molecular weight is 440 g/mol. The molecule has 8 heteroatoms. The highest BCUT2D eigenvalue weighted by molar-refractivity contribution is 5.84. The van der Waals surface area contributed by atoms with E-state index in [-0.39, 0.29) is 5.91 Å². The number of anilines is 3. The van der Waals surface area contributed by atoms with Crippen molar-refractivity contribution in [3.63, 3.8) is 0 Å². The van der Waals surface area contributed by atoms with E-state index in [0.29, 0.717) is 29.8 Å². The summed E-state index contributed by atoms with van der Waals surface area (Å²) in [5.41, 5.74) is 1.98. The standard InChI is InChI=1S/C25H25N7O/c1-26-24(33)20(17-18-9-5-3-6-10-18)29-25-28-16-14-22(31-25)32(2)21-13-15-27-23(30-21)19-11-7-4-8-12-19/h3-16,20H,17H2,1-2H3,(H,26,33)(H,28,29,31). The summed E-state index contributed by atoms with van der Waals surface area (Å²) >= 11 is 0. The highest BCUT2D eigenvalue weighted by atomic mass is 16.2. The summed E-state index contributed by atoms with van der Waals surface area (Å²) < 4.78 is 0. The minimum absolute atomic E-state index is 0.135. The lowest BCUT2D eigenvalue weighted by Gasteiger charge is -2.20. The number of hydrogen-bond donors (Lipinski definition) is 2. The van der Waals surface area contributed by atoms with E-state index >= 15 is 0 Å². The van der Waals surface area contributed by atoms with Crippen LogP contribution >= 0.6 is 0 Å². The van der Waals surface area contributed by atoms with Crippen LogP contribution in [0.1, 0.15) is 5.56 Å². The van der Waals surface area contributed by atoms with Crippen molar-refractivity contribution in [1.29, 1.82) is 0 Å². The Morgan fingerprint density at radius 1 is 0.879 bits per heavy atom. The van der Waals surface area contributed by atoms with Gasteiger partial charge in [0.25, 0.3) is 0 Å². The van der Waals surface area contributed by atoms with E-state index in [1.807, 2.05) is 78.7 Å². The number of rotatable bonds is 8. The topological polar surface area (TPSA) is 95.9 Å². The molecule has 2 N–H and O–H groups in total. The Labute approximate surface area is 192 Å². The molecule has 0 radical (unpaired) electrons. The molecule has 2 heterocycles. The number of carbonyl (C=O) groups excluding carboxylic acids is 1. The molecule has 8 nitrogen and oxygen atoms in total. The average Bonchev–Trinajstić information content (AvgIpc) is 2.89. The monoisotopic (exact) mass is 439 g/mol. The van der Waals surface area contributed by atoms with Crippen LogP contribution in [0.3, 0.4) is 0 Å². The maximum atomic E-state index is 12.5. The second-order valence-corrected chi connectivity index (χ2v) is 7.40. The molecule has 1 amide bonds. The minimum Gasteiger partial charge on any atom is -0.357 e. The lowest BCUT2D eigenvalue weighted by Crippen LogP contribution is -2.39. The van der Waals surface area contributed by atoms with Gasteiger partial charge in [0.1, 0.15) is 17.7 Å². The van der Waals surface area contributed by atoms with E-state index < -0.39 is 6.04 Å². The number of carbonyl (C=O) groups is 1. The van der Waals surface area contributed by atoms with Gasteiger partial charge in [-0.25, -0.2) is 15.0 Å². The van der Waals surface area contributed by atoms with Gasteiger partial charge in [0.05, 0.1) is 0 Å². The second-order valence-electron chi connectivity index (χ2n) is 7.40. The summed E-state index contributed by atoms with van der Waals surface area (Å²) in [4.78, 5) is 32.3. The van der Waals surface area contributed by atoms with Gasteiger partial charge in [-0.2, -0.15) is 4.98 Å². The highest BCUT2D eigenvalue weighted by Gasteiger charge is 2.19. The zero-order valence-corrected chi connectivity index (χ0v) is 18.5. The number of benzene rings is 2. The number of likely N-dealkylation sites (N-methyl/N-ethyl adjacent to an activating group) is 1. The predicted octanol–water partition coefficient (Wildman–Crippen LogP) is 3.47. The summed E-state index contributed by atoms with van der Waals surface area (Å²) in [5.74, 6) is 2.20. The van der Waals surface area contributed by atoms with Crippen LogP contribution < -0.4 is 15.5 Å². The van der Waals surface area contributed by atoms with Crippen LogP contribution in [0.5, 0.6) is 0 Å². The number of nitrogens with zero attached hydrogens (tertiary/aromatic N) is 5. The van der Waals surface area contributed by atoms with Crippen LogP contribution in [0.2, 0.25) is 0 Å². The van der Waals surface area contributed by atoms with Gasteiger partial charge in [-0.15, -0.1) is 0 Å². The molecule has 1 atom stereocenters. The molecule has 0 aliphatic rings. The van der Waals surface area contributed by atoms with Crippen LogP contribution in [0.15, 0.2) is 85.2 Å². The van der Waals surface area contributed by atoms with Crippen LogP contribution in [0.4, 0.5) is 17.6 Å². The molecule has 1 unspecified atom stereocenters. The summed E-state index contributed by atoms with van der Waals surface area (Å²) in [6, 6.07) is 22.7. The van der Waals surface area contributed by atoms with Crippen molar-refractivity contribution in [2.45, 2.75) is 12.5 Å². The molecular formula is C25H25N7O. The van der Waals surface area contributed by atoms with Crippen molar-refractivity contribution in [3.8, 4) is 11.4 Å². The van der Waals surface area contributed by atoms with Crippen molar-refractivity contribution < 1.29 is 4.79 Å². The number of amides is 1. The molecule has 0 saturated heterocycles. The maximum absolute atomic E-state index is 12.5. The third kappa shape index (κ3) is 5.48. The van der Waals surface area contributed by atoms with Gasteiger partial charge < -0.3 is 15.5 Å². The van der Waals surface area contributed by atoms with Crippen LogP contribution in [0.25, 0.3) is 11.4 Å². The number of hydrogen-bond acceptors (Lipinski definition) is 7. The third-order valence-electron chi connectivity index (χ3n) is 5.15. The van der Waals surface area contributed by atoms with Crippen molar-refractivity contribution in [1.82, 2.24) is 25.3 Å². The Kier molecular flexibility index (Phi) is 6.84. The largest absolute Gasteiger partial charge is 0.357 e. The first-order chi connectivity index (χ1) is 16.1. The van der Waals surface area contributed by atoms with Gasteiger partial charge in [-0.05, 0) is 17.7 Å². The van der Waals surface area contributed by atoms with E-state index in [1.54, 1.807) is 25.5 Å². The fourth-order valence-corrected chi connectivity index (χ4v) is 3.37. The van der Waals surface area contributed by atoms with Gasteiger partial charge >= 0.3 is 0 Å². The fraction of sp³-hybridized carbons (Fsp3) is 0.160. The maximum Gasteiger partial charge on any atom is 0.242 e. The first kappa shape index (κ1) is 21.9. The van der Waals surface area contributed by atoms with E-state index in [0.717, 1.165) is 11.1 Å². The lowest BCUT2D eigenvalue weighted by atomic mass is 10.1. The molecule has 0 bridgehead atoms. The SMILES string of the molecule is CNC(=O)C(Cc1ccccc1)Nc1nccc(N(C)c2ccnc(-c3ccccc3)n2)n1. The Morgan fingerprint density at radius 3 is 2.21 bits per heavy atom. The van der Waals surface area contributed by atoms with Crippen molar-refractivity contribution in [3.05, 3.63) is 90.8 Å². The Morgan fingerprint density at radius 2 is 1.52 bits per heavy atom. The molecule has 4 rings (SSSR count). The molecule has 0 saturated carbocycles. The van der Waals surface area contributed by atoms with Crippen LogP contribution in [-0.4, -0.2) is 46.0 Å². The quantitative estimate of drug-likeness (QED) is 0.434. The molecule has 166 valence electrons. The van der Waals surface area contributed by atoms with E-state index in [2.05, 4.69) is 30.6 Å². The summed E-state index contributed by atoms with van der Waals surface area (Å²) in [5, 5.41) is 5.87. The van der Waals surface area contributed by atoms with Crippen LogP contribution in [-0.2, 0) is 11.2 Å². The smallest absolute Gasteiger partial charge is 0.242 e. The Bertz CT molecular complexity index is 1200. The molecule has 4 aromatic rings. The molecule has 2 aromatic carbocycles. The van der Waals surface area contributed by atoms with Crippen LogP contribution in [0, 0.1) is 0 Å². The van der Waals surface area contributed by atoms with E-state index in [9.17, 15) is 4.79 Å². The number of nitrogens with one attached hydrogen (secondary N) is 2. The zero-order valence-electron chi connectivity index (χ0n) is 18.5. The first-order valence-corrected chi connectivity index (χ1v) is 10.6. The molecular weight excluding hydrogens is 414 g/mol. The molecule has 2 aromatic heterocycles. The van der Waals surface area contributed by atoms with Crippen molar-refractivity contribution >= 4 is 23.5 Å². The first-order valence-electron chi connectivity index (χ1n) is 10.6. The van der Waals surface area contributed by atoms with Gasteiger partial charge in [0.2, 0.25) is 11.9 Å². The summed E-state index contributed by atoms with van der Waals surface area (Å²) in [6.45, 7) is 0. The summed E-state index contributed by atoms with van der Waals surface area (Å²) in [7, 11) is 3.50. The Balaban J connectivity index is 1.55. The molecule has 0 aliphatic carbocycles. The normalized spacial score (nSPS) is 11.5. The van der Waals surface area contributed by atoms with E-state index in [4.69, 9.17) is 0 Å². The number of aromatic nitrogens is 4. The fourth-order valence-electron chi connectivity index (χ4n) is 3.37. The molecule has 0 fully saturated rings. The van der Waals surface area contributed by atoms with Crippen molar-refractivity contribution in [2.75, 3.05) is 24.3 Å². The Hall–Kier alpha value is -4.33. The second kappa shape index (κ2) is 10.3. The molecule has 0 spiro atoms. The van der Waals surface area contributed by atoms with Gasteiger partial charge in [0, 0.05) is 38.5 Å². The summed E-state index contributed by atoms with van der Waals surface area (Å²) in [6.07, 6.45) is 3.89. The lowest BCUT2D eigenvalue weighted by molar-refractivity contribution is -0.121. The predicted molar refractivity (Wildman–Crippen MR) is 129 cm³/mol. The van der Waals surface area contributed by atoms with E-state index in [1.165, 1.54) is 0 Å². The third-order valence-corrected chi connectivity index (χ3v) is 5.15. The highest BCUT2D eigenvalue weighted by Crippen LogP contribution is 2.23. The molecule has 33 heavy (non-hydrogen) atoms. The van der Waals surface area contributed by atoms with Gasteiger partial charge in [-0.3, -0.25) is 4.79 Å². The minimum atomic E-state index is -0.512. The van der Waals surface area contributed by atoms with Gasteiger partial charge in [0.15, 0.2) is 5.82 Å². The van der Waals surface area contributed by atoms with Crippen molar-refractivity contribution in [2.24, 2.45) is 0 Å². The molecule has 0 aliphatic heterocycles. The van der Waals surface area contributed by atoms with Gasteiger partial charge in [-0.1, -0.05) is 60.7 Å². The zero-order chi connectivity index (χ0) is 23.0.